The monoisotopic (exact) mass is 455 g/mol. The second kappa shape index (κ2) is 7.93. The first kappa shape index (κ1) is 20.7. The summed E-state index contributed by atoms with van der Waals surface area (Å²) in [6.07, 6.45) is -0.919. The van der Waals surface area contributed by atoms with Crippen molar-refractivity contribution in [1.82, 2.24) is 19.7 Å². The van der Waals surface area contributed by atoms with E-state index in [4.69, 9.17) is 0 Å². The molecule has 0 spiro atoms. The number of rotatable bonds is 4. The van der Waals surface area contributed by atoms with E-state index in [1.54, 1.807) is 16.2 Å². The Labute approximate surface area is 176 Å². The highest BCUT2D eigenvalue weighted by atomic mass is 32.1. The van der Waals surface area contributed by atoms with Crippen LogP contribution in [0.2, 0.25) is 0 Å². The number of aryl methyl sites for hydroxylation is 1. The number of thiazole rings is 1. The van der Waals surface area contributed by atoms with Crippen LogP contribution in [-0.4, -0.2) is 44.0 Å². The first-order valence-corrected chi connectivity index (χ1v) is 10.5. The SMILES string of the molecule is Cc1csc(C2=CCN(c3cnn(Cc4cnc(C(F)(F)F)s4)c(=O)n3)C[C@@H]2O)c1. The van der Waals surface area contributed by atoms with Gasteiger partial charge < -0.3 is 10.0 Å². The molecule has 1 aliphatic heterocycles. The van der Waals surface area contributed by atoms with Gasteiger partial charge in [-0.05, 0) is 29.5 Å². The highest BCUT2D eigenvalue weighted by Gasteiger charge is 2.34. The number of hydrogen-bond donors (Lipinski definition) is 1. The van der Waals surface area contributed by atoms with Crippen molar-refractivity contribution in [1.29, 1.82) is 0 Å². The summed E-state index contributed by atoms with van der Waals surface area (Å²) in [5.74, 6) is 0.299. The molecule has 0 radical (unpaired) electrons. The molecule has 12 heteroatoms. The standard InChI is InChI=1S/C18H16F3N5O2S2/c1-10-4-14(29-9-10)12-2-3-25(8-13(12)27)15-6-23-26(17(28)24-15)7-11-5-22-16(30-11)18(19,20)21/h2,4-6,9,13,27H,3,7-8H2,1H3/t13-/m0/s1. The quantitative estimate of drug-likeness (QED) is 0.651. The third-order valence-corrected chi connectivity index (χ3v) is 6.59. The molecule has 30 heavy (non-hydrogen) atoms. The van der Waals surface area contributed by atoms with E-state index < -0.39 is 23.0 Å². The van der Waals surface area contributed by atoms with Crippen LogP contribution in [0, 0.1) is 6.92 Å². The molecule has 4 heterocycles. The van der Waals surface area contributed by atoms with Gasteiger partial charge in [0, 0.05) is 29.0 Å². The number of β-amino-alcohol motifs (C(OH)–C–C–N with tert-alkyl or cyclic N) is 1. The fourth-order valence-corrected chi connectivity index (χ4v) is 4.79. The summed E-state index contributed by atoms with van der Waals surface area (Å²) in [5.41, 5.74) is 1.28. The predicted molar refractivity (Wildman–Crippen MR) is 108 cm³/mol. The summed E-state index contributed by atoms with van der Waals surface area (Å²) in [4.78, 5) is 22.6. The average Bonchev–Trinajstić information content (AvgIpc) is 3.32. The molecule has 0 amide bonds. The summed E-state index contributed by atoms with van der Waals surface area (Å²) >= 11 is 2.02. The summed E-state index contributed by atoms with van der Waals surface area (Å²) in [7, 11) is 0. The van der Waals surface area contributed by atoms with Gasteiger partial charge in [-0.25, -0.2) is 14.5 Å². The average molecular weight is 455 g/mol. The fraction of sp³-hybridized carbons (Fsp3) is 0.333. The Morgan fingerprint density at radius 3 is 2.73 bits per heavy atom. The Morgan fingerprint density at radius 1 is 1.33 bits per heavy atom. The van der Waals surface area contributed by atoms with Gasteiger partial charge in [0.1, 0.15) is 0 Å². The molecule has 0 unspecified atom stereocenters. The van der Waals surface area contributed by atoms with Crippen molar-refractivity contribution in [2.45, 2.75) is 25.7 Å². The Hall–Kier alpha value is -2.57. The number of aromatic nitrogens is 4. The lowest BCUT2D eigenvalue weighted by Crippen LogP contribution is -2.39. The van der Waals surface area contributed by atoms with E-state index in [1.807, 2.05) is 24.4 Å². The van der Waals surface area contributed by atoms with Gasteiger partial charge in [-0.3, -0.25) is 0 Å². The molecule has 1 N–H and O–H groups in total. The van der Waals surface area contributed by atoms with Crippen molar-refractivity contribution in [2.75, 3.05) is 18.0 Å². The number of nitrogens with zero attached hydrogens (tertiary/aromatic N) is 5. The fourth-order valence-electron chi connectivity index (χ4n) is 3.04. The summed E-state index contributed by atoms with van der Waals surface area (Å²) < 4.78 is 39.0. The van der Waals surface area contributed by atoms with Gasteiger partial charge in [-0.1, -0.05) is 6.08 Å². The second-order valence-corrected chi connectivity index (χ2v) is 8.78. The molecule has 158 valence electrons. The molecule has 0 bridgehead atoms. The van der Waals surface area contributed by atoms with E-state index in [2.05, 4.69) is 15.1 Å². The molecule has 0 aliphatic carbocycles. The minimum atomic E-state index is -4.52. The molecule has 4 rings (SSSR count). The third kappa shape index (κ3) is 4.30. The van der Waals surface area contributed by atoms with E-state index in [-0.39, 0.29) is 18.0 Å². The Bertz CT molecular complexity index is 1150. The summed E-state index contributed by atoms with van der Waals surface area (Å²) in [6, 6.07) is 2.01. The molecule has 1 aliphatic rings. The molecule has 7 nitrogen and oxygen atoms in total. The van der Waals surface area contributed by atoms with Crippen molar-refractivity contribution in [3.8, 4) is 0 Å². The zero-order valence-corrected chi connectivity index (χ0v) is 17.3. The molecule has 0 saturated carbocycles. The van der Waals surface area contributed by atoms with Crippen LogP contribution < -0.4 is 10.6 Å². The van der Waals surface area contributed by atoms with Crippen molar-refractivity contribution in [3.63, 3.8) is 0 Å². The van der Waals surface area contributed by atoms with Crippen LogP contribution in [0.1, 0.15) is 20.3 Å². The zero-order valence-electron chi connectivity index (χ0n) is 15.6. The number of halogens is 3. The van der Waals surface area contributed by atoms with Crippen molar-refractivity contribution in [3.05, 3.63) is 60.7 Å². The molecular formula is C18H16F3N5O2S2. The lowest BCUT2D eigenvalue weighted by atomic mass is 10.0. The van der Waals surface area contributed by atoms with E-state index >= 15 is 0 Å². The number of thiophene rings is 1. The van der Waals surface area contributed by atoms with Crippen molar-refractivity contribution >= 4 is 34.1 Å². The van der Waals surface area contributed by atoms with Gasteiger partial charge >= 0.3 is 11.9 Å². The topological polar surface area (TPSA) is 84.1 Å². The van der Waals surface area contributed by atoms with Crippen LogP contribution in [0.15, 0.2) is 34.7 Å². The number of alkyl halides is 3. The highest BCUT2D eigenvalue weighted by molar-refractivity contribution is 7.11. The smallest absolute Gasteiger partial charge is 0.387 e. The van der Waals surface area contributed by atoms with Crippen LogP contribution in [0.25, 0.3) is 5.57 Å². The maximum Gasteiger partial charge on any atom is 0.443 e. The summed E-state index contributed by atoms with van der Waals surface area (Å²) in [6.45, 7) is 2.54. The van der Waals surface area contributed by atoms with E-state index in [1.165, 1.54) is 6.20 Å². The maximum absolute atomic E-state index is 12.7. The number of hydrogen-bond acceptors (Lipinski definition) is 8. The lowest BCUT2D eigenvalue weighted by Gasteiger charge is -2.30. The second-order valence-electron chi connectivity index (χ2n) is 6.75. The maximum atomic E-state index is 12.7. The molecule has 3 aromatic heterocycles. The minimum absolute atomic E-state index is 0.149. The Balaban J connectivity index is 1.49. The largest absolute Gasteiger partial charge is 0.443 e. The van der Waals surface area contributed by atoms with Gasteiger partial charge in [-0.15, -0.1) is 22.7 Å². The number of anilines is 1. The van der Waals surface area contributed by atoms with Gasteiger partial charge in [0.2, 0.25) is 0 Å². The molecule has 0 aromatic carbocycles. The Morgan fingerprint density at radius 2 is 2.13 bits per heavy atom. The van der Waals surface area contributed by atoms with Crippen molar-refractivity contribution < 1.29 is 18.3 Å². The number of aliphatic hydroxyl groups is 1. The van der Waals surface area contributed by atoms with Crippen LogP contribution in [-0.2, 0) is 12.7 Å². The number of aliphatic hydroxyl groups excluding tert-OH is 1. The first-order chi connectivity index (χ1) is 14.2. The predicted octanol–water partition coefficient (Wildman–Crippen LogP) is 2.80. The molecule has 0 saturated heterocycles. The van der Waals surface area contributed by atoms with Crippen molar-refractivity contribution in [2.24, 2.45) is 0 Å². The zero-order chi connectivity index (χ0) is 21.5. The molecule has 0 fully saturated rings. The highest BCUT2D eigenvalue weighted by Crippen LogP contribution is 2.32. The first-order valence-electron chi connectivity index (χ1n) is 8.85. The Kier molecular flexibility index (Phi) is 5.47. The normalized spacial score (nSPS) is 17.3. The third-order valence-electron chi connectivity index (χ3n) is 4.47. The minimum Gasteiger partial charge on any atom is -0.387 e. The van der Waals surface area contributed by atoms with Gasteiger partial charge in [0.05, 0.1) is 18.8 Å². The van der Waals surface area contributed by atoms with Crippen LogP contribution >= 0.6 is 22.7 Å². The van der Waals surface area contributed by atoms with Crippen LogP contribution in [0.4, 0.5) is 19.0 Å². The van der Waals surface area contributed by atoms with E-state index in [0.717, 1.165) is 26.9 Å². The van der Waals surface area contributed by atoms with Crippen LogP contribution in [0.3, 0.4) is 0 Å². The molecular weight excluding hydrogens is 439 g/mol. The summed E-state index contributed by atoms with van der Waals surface area (Å²) in [5, 5.41) is 15.6. The van der Waals surface area contributed by atoms with Gasteiger partial charge in [0.15, 0.2) is 10.8 Å². The van der Waals surface area contributed by atoms with Crippen LogP contribution in [0.5, 0.6) is 0 Å². The van der Waals surface area contributed by atoms with E-state index in [9.17, 15) is 23.1 Å². The van der Waals surface area contributed by atoms with E-state index in [0.29, 0.717) is 23.7 Å². The lowest BCUT2D eigenvalue weighted by molar-refractivity contribution is -0.137. The van der Waals surface area contributed by atoms with Gasteiger partial charge in [0.25, 0.3) is 0 Å². The van der Waals surface area contributed by atoms with Gasteiger partial charge in [-0.2, -0.15) is 23.3 Å². The molecule has 3 aromatic rings. The molecule has 1 atom stereocenters.